The fourth-order valence-electron chi connectivity index (χ4n) is 1.49. The van der Waals surface area contributed by atoms with Crippen molar-refractivity contribution in [1.29, 1.82) is 0 Å². The van der Waals surface area contributed by atoms with Crippen LogP contribution in [0.25, 0.3) is 10.8 Å². The topological polar surface area (TPSA) is 57.5 Å². The molecule has 0 heterocycles. The van der Waals surface area contributed by atoms with Crippen molar-refractivity contribution >= 4 is 32.7 Å². The molecule has 0 aliphatic rings. The Hall–Kier alpha value is -1.55. The summed E-state index contributed by atoms with van der Waals surface area (Å²) in [6.07, 6.45) is 0. The summed E-state index contributed by atoms with van der Waals surface area (Å²) in [6.45, 7) is 0. The third-order valence-corrected chi connectivity index (χ3v) is 2.86. The van der Waals surface area contributed by atoms with Crippen molar-refractivity contribution in [1.82, 2.24) is 0 Å². The van der Waals surface area contributed by atoms with Gasteiger partial charge in [0, 0.05) is 9.86 Å². The van der Waals surface area contributed by atoms with Crippen molar-refractivity contribution in [3.05, 3.63) is 40.4 Å². The molecule has 2 rings (SSSR count). The summed E-state index contributed by atoms with van der Waals surface area (Å²) in [5, 5.41) is 20.0. The predicted octanol–water partition coefficient (Wildman–Crippen LogP) is 3.01. The van der Waals surface area contributed by atoms with Crippen molar-refractivity contribution in [2.75, 3.05) is 0 Å². The van der Waals surface area contributed by atoms with Gasteiger partial charge < -0.3 is 10.2 Å². The Kier molecular flexibility index (Phi) is 2.36. The van der Waals surface area contributed by atoms with E-state index in [4.69, 9.17) is 5.11 Å². The Morgan fingerprint density at radius 1 is 1.20 bits per heavy atom. The highest BCUT2D eigenvalue weighted by molar-refractivity contribution is 9.10. The quantitative estimate of drug-likeness (QED) is 0.834. The maximum atomic E-state index is 10.8. The smallest absolute Gasteiger partial charge is 0.339 e. The van der Waals surface area contributed by atoms with Crippen molar-refractivity contribution in [2.45, 2.75) is 0 Å². The summed E-state index contributed by atoms with van der Waals surface area (Å²) in [6, 6.07) is 8.46. The van der Waals surface area contributed by atoms with Gasteiger partial charge in [0.05, 0.1) is 0 Å². The van der Waals surface area contributed by atoms with E-state index in [1.165, 1.54) is 6.07 Å². The highest BCUT2D eigenvalue weighted by atomic mass is 79.9. The molecule has 0 aromatic heterocycles. The number of phenols is 1. The second-order valence-corrected chi connectivity index (χ2v) is 3.96. The molecular formula is C11H7BrO3. The first-order valence-electron chi connectivity index (χ1n) is 4.25. The molecule has 0 unspecified atom stereocenters. The molecule has 0 spiro atoms. The van der Waals surface area contributed by atoms with Gasteiger partial charge in [0.15, 0.2) is 0 Å². The molecule has 0 atom stereocenters. The monoisotopic (exact) mass is 266 g/mol. The van der Waals surface area contributed by atoms with Gasteiger partial charge in [0.2, 0.25) is 0 Å². The molecule has 2 N–H and O–H groups in total. The highest BCUT2D eigenvalue weighted by Crippen LogP contribution is 2.34. The molecule has 15 heavy (non-hydrogen) atoms. The first kappa shape index (κ1) is 9.98. The van der Waals surface area contributed by atoms with Crippen LogP contribution < -0.4 is 0 Å². The number of hydrogen-bond acceptors (Lipinski definition) is 2. The third kappa shape index (κ3) is 1.57. The summed E-state index contributed by atoms with van der Waals surface area (Å²) >= 11 is 3.28. The molecule has 2 aromatic carbocycles. The van der Waals surface area contributed by atoms with Gasteiger partial charge in [0.1, 0.15) is 11.3 Å². The fraction of sp³-hybridized carbons (Fsp3) is 0. The summed E-state index contributed by atoms with van der Waals surface area (Å²) in [5.74, 6) is -1.34. The fourth-order valence-corrected chi connectivity index (χ4v) is 2.06. The van der Waals surface area contributed by atoms with Crippen LogP contribution in [0.2, 0.25) is 0 Å². The average Bonchev–Trinajstić information content (AvgIpc) is 2.17. The lowest BCUT2D eigenvalue weighted by atomic mass is 10.1. The standard InChI is InChI=1S/C11H7BrO3/c12-8-3-1-2-6-4-5-7(11(14)15)10(13)9(6)8/h1-5,13H,(H,14,15). The van der Waals surface area contributed by atoms with Gasteiger partial charge in [-0.1, -0.05) is 34.1 Å². The van der Waals surface area contributed by atoms with E-state index in [1.807, 2.05) is 12.1 Å². The Morgan fingerprint density at radius 2 is 1.93 bits per heavy atom. The molecule has 0 bridgehead atoms. The van der Waals surface area contributed by atoms with E-state index in [2.05, 4.69) is 15.9 Å². The Labute approximate surface area is 94.1 Å². The Bertz CT molecular complexity index is 549. The molecular weight excluding hydrogens is 260 g/mol. The van der Waals surface area contributed by atoms with E-state index < -0.39 is 5.97 Å². The number of aromatic carboxylic acids is 1. The molecule has 0 aliphatic carbocycles. The zero-order chi connectivity index (χ0) is 11.0. The van der Waals surface area contributed by atoms with Crippen LogP contribution in [0.4, 0.5) is 0 Å². The summed E-state index contributed by atoms with van der Waals surface area (Å²) in [5.41, 5.74) is -0.0885. The van der Waals surface area contributed by atoms with Crippen molar-refractivity contribution in [2.24, 2.45) is 0 Å². The molecule has 2 aromatic rings. The Balaban J connectivity index is 2.89. The van der Waals surface area contributed by atoms with Gasteiger partial charge >= 0.3 is 5.97 Å². The lowest BCUT2D eigenvalue weighted by Crippen LogP contribution is -1.96. The minimum atomic E-state index is -1.13. The second-order valence-electron chi connectivity index (χ2n) is 3.10. The largest absolute Gasteiger partial charge is 0.506 e. The van der Waals surface area contributed by atoms with E-state index in [1.54, 1.807) is 12.1 Å². The number of carboxylic acids is 1. The lowest BCUT2D eigenvalue weighted by molar-refractivity contribution is 0.0694. The first-order valence-corrected chi connectivity index (χ1v) is 5.04. The number of hydrogen-bond donors (Lipinski definition) is 2. The molecule has 4 heteroatoms. The van der Waals surface area contributed by atoms with Crippen LogP contribution in [0.1, 0.15) is 10.4 Å². The minimum Gasteiger partial charge on any atom is -0.506 e. The number of rotatable bonds is 1. The Morgan fingerprint density at radius 3 is 2.60 bits per heavy atom. The van der Waals surface area contributed by atoms with Gasteiger partial charge in [-0.3, -0.25) is 0 Å². The molecule has 3 nitrogen and oxygen atoms in total. The number of benzene rings is 2. The number of carbonyl (C=O) groups is 1. The molecule has 76 valence electrons. The molecule has 0 aliphatic heterocycles. The average molecular weight is 267 g/mol. The molecule has 0 amide bonds. The van der Waals surface area contributed by atoms with Gasteiger partial charge in [-0.05, 0) is 17.5 Å². The van der Waals surface area contributed by atoms with Crippen LogP contribution in [0.5, 0.6) is 5.75 Å². The van der Waals surface area contributed by atoms with Crippen LogP contribution in [0.3, 0.4) is 0 Å². The maximum Gasteiger partial charge on any atom is 0.339 e. The maximum absolute atomic E-state index is 10.8. The van der Waals surface area contributed by atoms with Gasteiger partial charge in [0.25, 0.3) is 0 Å². The molecule has 0 saturated heterocycles. The van der Waals surface area contributed by atoms with Gasteiger partial charge in [-0.25, -0.2) is 4.79 Å². The van der Waals surface area contributed by atoms with E-state index in [9.17, 15) is 9.90 Å². The van der Waals surface area contributed by atoms with E-state index in [0.717, 1.165) is 5.39 Å². The zero-order valence-electron chi connectivity index (χ0n) is 7.57. The molecule has 0 fully saturated rings. The summed E-state index contributed by atoms with van der Waals surface area (Å²) < 4.78 is 0.681. The number of carboxylic acid groups (broad SMARTS) is 1. The normalized spacial score (nSPS) is 10.5. The van der Waals surface area contributed by atoms with Crippen LogP contribution in [-0.2, 0) is 0 Å². The highest BCUT2D eigenvalue weighted by Gasteiger charge is 2.13. The van der Waals surface area contributed by atoms with Crippen LogP contribution >= 0.6 is 15.9 Å². The van der Waals surface area contributed by atoms with Crippen molar-refractivity contribution in [3.8, 4) is 5.75 Å². The van der Waals surface area contributed by atoms with E-state index >= 15 is 0 Å². The third-order valence-electron chi connectivity index (χ3n) is 2.20. The second kappa shape index (κ2) is 3.55. The predicted molar refractivity (Wildman–Crippen MR) is 60.3 cm³/mol. The minimum absolute atomic E-state index is 0.0885. The van der Waals surface area contributed by atoms with Crippen molar-refractivity contribution < 1.29 is 15.0 Å². The van der Waals surface area contributed by atoms with E-state index in [0.29, 0.717) is 9.86 Å². The molecule has 0 saturated carbocycles. The summed E-state index contributed by atoms with van der Waals surface area (Å²) in [7, 11) is 0. The zero-order valence-corrected chi connectivity index (χ0v) is 9.15. The van der Waals surface area contributed by atoms with Crippen LogP contribution in [0.15, 0.2) is 34.8 Å². The molecule has 0 radical (unpaired) electrons. The lowest BCUT2D eigenvalue weighted by Gasteiger charge is -2.05. The number of halogens is 1. The SMILES string of the molecule is O=C(O)c1ccc2cccc(Br)c2c1O. The van der Waals surface area contributed by atoms with Gasteiger partial charge in [-0.15, -0.1) is 0 Å². The van der Waals surface area contributed by atoms with Crippen molar-refractivity contribution in [3.63, 3.8) is 0 Å². The summed E-state index contributed by atoms with van der Waals surface area (Å²) in [4.78, 5) is 10.8. The van der Waals surface area contributed by atoms with Crippen LogP contribution in [0, 0.1) is 0 Å². The first-order chi connectivity index (χ1) is 7.11. The number of fused-ring (bicyclic) bond motifs is 1. The van der Waals surface area contributed by atoms with Crippen LogP contribution in [-0.4, -0.2) is 16.2 Å². The van der Waals surface area contributed by atoms with E-state index in [-0.39, 0.29) is 11.3 Å². The number of aromatic hydroxyl groups is 1. The van der Waals surface area contributed by atoms with Gasteiger partial charge in [-0.2, -0.15) is 0 Å².